The lowest BCUT2D eigenvalue weighted by atomic mass is 9.92. The Balaban J connectivity index is 2.53. The Morgan fingerprint density at radius 1 is 1.35 bits per heavy atom. The van der Waals surface area contributed by atoms with Gasteiger partial charge in [0.15, 0.2) is 0 Å². The van der Waals surface area contributed by atoms with E-state index in [1.54, 1.807) is 18.7 Å². The van der Waals surface area contributed by atoms with Gasteiger partial charge in [0.05, 0.1) is 16.9 Å². The lowest BCUT2D eigenvalue weighted by Crippen LogP contribution is -2.26. The molecule has 3 nitrogen and oxygen atoms in total. The molecule has 0 aliphatic carbocycles. The van der Waals surface area contributed by atoms with Gasteiger partial charge in [0.2, 0.25) is 0 Å². The van der Waals surface area contributed by atoms with Crippen LogP contribution in [0.5, 0.6) is 0 Å². The molecule has 1 heterocycles. The van der Waals surface area contributed by atoms with E-state index in [4.69, 9.17) is 11.6 Å². The summed E-state index contributed by atoms with van der Waals surface area (Å²) in [6.45, 7) is 1.71. The van der Waals surface area contributed by atoms with Crippen molar-refractivity contribution in [3.8, 4) is 0 Å². The Morgan fingerprint density at radius 3 is 2.41 bits per heavy atom. The van der Waals surface area contributed by atoms with E-state index in [9.17, 15) is 5.11 Å². The van der Waals surface area contributed by atoms with E-state index in [0.717, 1.165) is 10.0 Å². The molecule has 0 aliphatic rings. The minimum atomic E-state index is -1.16. The van der Waals surface area contributed by atoms with Gasteiger partial charge in [0.1, 0.15) is 5.60 Å². The Hall–Kier alpha value is -0.840. The molecule has 1 N–H and O–H groups in total. The van der Waals surface area contributed by atoms with Gasteiger partial charge < -0.3 is 5.11 Å². The second-order valence-corrected chi connectivity index (χ2v) is 5.37. The lowest BCUT2D eigenvalue weighted by Gasteiger charge is -2.24. The molecule has 1 unspecified atom stereocenters. The van der Waals surface area contributed by atoms with Crippen molar-refractivity contribution in [2.75, 3.05) is 0 Å². The maximum atomic E-state index is 10.6. The van der Waals surface area contributed by atoms with Crippen LogP contribution in [0, 0.1) is 0 Å². The predicted molar refractivity (Wildman–Crippen MR) is 71.0 cm³/mol. The summed E-state index contributed by atoms with van der Waals surface area (Å²) in [5.74, 6) is 0. The number of halogens is 2. The fourth-order valence-electron chi connectivity index (χ4n) is 1.87. The minimum absolute atomic E-state index is 0.459. The summed E-state index contributed by atoms with van der Waals surface area (Å²) in [4.78, 5) is 0. The van der Waals surface area contributed by atoms with Gasteiger partial charge in [0.25, 0.3) is 0 Å². The highest BCUT2D eigenvalue weighted by molar-refractivity contribution is 9.10. The molecule has 17 heavy (non-hydrogen) atoms. The normalized spacial score (nSPS) is 14.6. The zero-order valence-electron chi connectivity index (χ0n) is 9.48. The summed E-state index contributed by atoms with van der Waals surface area (Å²) >= 11 is 9.42. The molecule has 0 saturated carbocycles. The van der Waals surface area contributed by atoms with Crippen molar-refractivity contribution in [3.05, 3.63) is 51.2 Å². The predicted octanol–water partition coefficient (Wildman–Crippen LogP) is 3.09. The van der Waals surface area contributed by atoms with E-state index < -0.39 is 5.60 Å². The second-order valence-electron chi connectivity index (χ2n) is 4.04. The van der Waals surface area contributed by atoms with Crippen LogP contribution >= 0.6 is 27.5 Å². The van der Waals surface area contributed by atoms with Crippen molar-refractivity contribution in [1.29, 1.82) is 0 Å². The van der Waals surface area contributed by atoms with E-state index in [0.29, 0.717) is 10.7 Å². The number of hydrogen-bond acceptors (Lipinski definition) is 2. The number of aryl methyl sites for hydroxylation is 1. The van der Waals surface area contributed by atoms with Gasteiger partial charge in [0, 0.05) is 11.5 Å². The molecule has 0 radical (unpaired) electrons. The largest absolute Gasteiger partial charge is 0.379 e. The SMILES string of the molecule is Cn1ncc(Cl)c1C(C)(O)c1ccc(Br)cc1. The van der Waals surface area contributed by atoms with Gasteiger partial charge in [-0.05, 0) is 24.6 Å². The summed E-state index contributed by atoms with van der Waals surface area (Å²) < 4.78 is 2.55. The Morgan fingerprint density at radius 2 is 1.94 bits per heavy atom. The molecule has 0 bridgehead atoms. The van der Waals surface area contributed by atoms with Gasteiger partial charge in [-0.15, -0.1) is 0 Å². The fraction of sp³-hybridized carbons (Fsp3) is 0.250. The molecular weight excluding hydrogens is 304 g/mol. The van der Waals surface area contributed by atoms with Crippen LogP contribution in [0.1, 0.15) is 18.2 Å². The molecule has 0 aliphatic heterocycles. The smallest absolute Gasteiger partial charge is 0.130 e. The molecule has 5 heteroatoms. The molecule has 2 rings (SSSR count). The average molecular weight is 316 g/mol. The molecule has 1 aromatic carbocycles. The third-order valence-corrected chi connectivity index (χ3v) is 3.57. The molecular formula is C12H12BrClN2O. The second kappa shape index (κ2) is 4.44. The van der Waals surface area contributed by atoms with Crippen LogP contribution in [0.3, 0.4) is 0 Å². The van der Waals surface area contributed by atoms with Crippen molar-refractivity contribution >= 4 is 27.5 Å². The number of rotatable bonds is 2. The van der Waals surface area contributed by atoms with Crippen LogP contribution < -0.4 is 0 Å². The maximum Gasteiger partial charge on any atom is 0.130 e. The zero-order valence-corrected chi connectivity index (χ0v) is 11.8. The standard InChI is InChI=1S/C12H12BrClN2O/c1-12(17,8-3-5-9(13)6-4-8)11-10(14)7-15-16(11)2/h3-7,17H,1-2H3. The molecule has 1 atom stereocenters. The highest BCUT2D eigenvalue weighted by Crippen LogP contribution is 2.33. The number of hydrogen-bond donors (Lipinski definition) is 1. The monoisotopic (exact) mass is 314 g/mol. The fourth-order valence-corrected chi connectivity index (χ4v) is 2.48. The van der Waals surface area contributed by atoms with Crippen LogP contribution in [0.4, 0.5) is 0 Å². The van der Waals surface area contributed by atoms with Crippen LogP contribution in [0.15, 0.2) is 34.9 Å². The minimum Gasteiger partial charge on any atom is -0.379 e. The summed E-state index contributed by atoms with van der Waals surface area (Å²) in [5.41, 5.74) is 0.191. The molecule has 2 aromatic rings. The van der Waals surface area contributed by atoms with Crippen LogP contribution in [0.2, 0.25) is 5.02 Å². The van der Waals surface area contributed by atoms with E-state index in [2.05, 4.69) is 21.0 Å². The number of aromatic nitrogens is 2. The van der Waals surface area contributed by atoms with Crippen LogP contribution in [-0.4, -0.2) is 14.9 Å². The van der Waals surface area contributed by atoms with Gasteiger partial charge in [-0.2, -0.15) is 5.10 Å². The first-order valence-corrected chi connectivity index (χ1v) is 6.26. The van der Waals surface area contributed by atoms with Crippen LogP contribution in [-0.2, 0) is 12.6 Å². The quantitative estimate of drug-likeness (QED) is 0.925. The Bertz CT molecular complexity index is 514. The van der Waals surface area contributed by atoms with E-state index in [1.165, 1.54) is 6.20 Å². The maximum absolute atomic E-state index is 10.6. The highest BCUT2D eigenvalue weighted by Gasteiger charge is 2.31. The molecule has 0 fully saturated rings. The van der Waals surface area contributed by atoms with Gasteiger partial charge in [-0.1, -0.05) is 39.7 Å². The van der Waals surface area contributed by atoms with Crippen molar-refractivity contribution < 1.29 is 5.11 Å². The summed E-state index contributed by atoms with van der Waals surface area (Å²) in [5, 5.41) is 15.1. The number of aliphatic hydroxyl groups is 1. The Labute approximate surface area is 113 Å². The van der Waals surface area contributed by atoms with Gasteiger partial charge in [-0.3, -0.25) is 4.68 Å². The van der Waals surface area contributed by atoms with E-state index in [1.807, 2.05) is 24.3 Å². The van der Waals surface area contributed by atoms with Crippen molar-refractivity contribution in [3.63, 3.8) is 0 Å². The number of benzene rings is 1. The number of nitrogens with zero attached hydrogens (tertiary/aromatic N) is 2. The average Bonchev–Trinajstić information content (AvgIpc) is 2.59. The first-order chi connectivity index (χ1) is 7.93. The molecule has 0 spiro atoms. The molecule has 90 valence electrons. The summed E-state index contributed by atoms with van der Waals surface area (Å²) in [6, 6.07) is 7.48. The van der Waals surface area contributed by atoms with Crippen molar-refractivity contribution in [2.24, 2.45) is 7.05 Å². The first-order valence-electron chi connectivity index (χ1n) is 5.09. The first kappa shape index (κ1) is 12.6. The molecule has 0 saturated heterocycles. The highest BCUT2D eigenvalue weighted by atomic mass is 79.9. The molecule has 1 aromatic heterocycles. The van der Waals surface area contributed by atoms with E-state index in [-0.39, 0.29) is 0 Å². The zero-order chi connectivity index (χ0) is 12.6. The third-order valence-electron chi connectivity index (χ3n) is 2.76. The summed E-state index contributed by atoms with van der Waals surface area (Å²) in [6.07, 6.45) is 1.53. The summed E-state index contributed by atoms with van der Waals surface area (Å²) in [7, 11) is 1.76. The van der Waals surface area contributed by atoms with E-state index >= 15 is 0 Å². The van der Waals surface area contributed by atoms with Crippen LogP contribution in [0.25, 0.3) is 0 Å². The van der Waals surface area contributed by atoms with Crippen molar-refractivity contribution in [1.82, 2.24) is 9.78 Å². The van der Waals surface area contributed by atoms with Gasteiger partial charge in [-0.25, -0.2) is 0 Å². The third kappa shape index (κ3) is 2.25. The Kier molecular flexibility index (Phi) is 3.30. The molecule has 0 amide bonds. The van der Waals surface area contributed by atoms with Gasteiger partial charge >= 0.3 is 0 Å². The van der Waals surface area contributed by atoms with Crippen molar-refractivity contribution in [2.45, 2.75) is 12.5 Å². The lowest BCUT2D eigenvalue weighted by molar-refractivity contribution is 0.0930. The topological polar surface area (TPSA) is 38.0 Å².